The lowest BCUT2D eigenvalue weighted by molar-refractivity contribution is -0.140. The Hall–Kier alpha value is -4.14. The van der Waals surface area contributed by atoms with E-state index in [9.17, 15) is 18.0 Å². The van der Waals surface area contributed by atoms with Crippen LogP contribution in [0.25, 0.3) is 0 Å². The van der Waals surface area contributed by atoms with Crippen molar-refractivity contribution in [2.24, 2.45) is 0 Å². The summed E-state index contributed by atoms with van der Waals surface area (Å²) in [5, 5.41) is 3.60. The van der Waals surface area contributed by atoms with Gasteiger partial charge in [-0.25, -0.2) is 8.42 Å². The van der Waals surface area contributed by atoms with Gasteiger partial charge in [0.15, 0.2) is 0 Å². The number of anilines is 1. The van der Waals surface area contributed by atoms with E-state index in [1.165, 1.54) is 17.0 Å². The number of carbonyl (C=O) groups excluding carboxylic acids is 2. The summed E-state index contributed by atoms with van der Waals surface area (Å²) in [6, 6.07) is 29.1. The third kappa shape index (κ3) is 8.74. The number of aryl methyl sites for hydroxylation is 2. The number of rotatable bonds is 13. The highest BCUT2D eigenvalue weighted by molar-refractivity contribution is 7.92. The lowest BCUT2D eigenvalue weighted by Gasteiger charge is -2.34. The van der Waals surface area contributed by atoms with Gasteiger partial charge in [-0.05, 0) is 79.8 Å². The molecule has 4 aromatic carbocycles. The first-order valence-corrected chi connectivity index (χ1v) is 16.8. The molecule has 0 saturated heterocycles. The standard InChI is InChI=1S/C36H40ClN3O4S/c1-5-28(4)38-36(42)34(23-29-12-8-6-9-13-29)39(24-30-18-20-31(37)21-19-30)35(41)25-40(33-22-26(2)16-17-27(33)3)45(43,44)32-14-10-7-11-15-32/h6-22,28,34H,5,23-25H2,1-4H3,(H,38,42)/t28-,34+/m1/s1. The summed E-state index contributed by atoms with van der Waals surface area (Å²) in [5.74, 6) is -0.815. The highest BCUT2D eigenvalue weighted by atomic mass is 35.5. The quantitative estimate of drug-likeness (QED) is 0.175. The predicted octanol–water partition coefficient (Wildman–Crippen LogP) is 6.71. The molecule has 0 aromatic heterocycles. The van der Waals surface area contributed by atoms with Gasteiger partial charge in [0, 0.05) is 24.0 Å². The molecular formula is C36H40ClN3O4S. The zero-order chi connectivity index (χ0) is 32.6. The predicted molar refractivity (Wildman–Crippen MR) is 181 cm³/mol. The maximum atomic E-state index is 14.6. The Balaban J connectivity index is 1.83. The van der Waals surface area contributed by atoms with Crippen LogP contribution in [0.2, 0.25) is 5.02 Å². The summed E-state index contributed by atoms with van der Waals surface area (Å²) >= 11 is 6.16. The van der Waals surface area contributed by atoms with Gasteiger partial charge in [-0.1, -0.05) is 91.3 Å². The van der Waals surface area contributed by atoms with Crippen LogP contribution >= 0.6 is 11.6 Å². The molecule has 0 bridgehead atoms. The van der Waals surface area contributed by atoms with Gasteiger partial charge < -0.3 is 10.2 Å². The normalized spacial score (nSPS) is 12.6. The molecule has 0 aliphatic heterocycles. The van der Waals surface area contributed by atoms with Crippen LogP contribution in [0.15, 0.2) is 108 Å². The Morgan fingerprint density at radius 2 is 1.47 bits per heavy atom. The Bertz CT molecular complexity index is 1700. The molecule has 45 heavy (non-hydrogen) atoms. The molecule has 2 amide bonds. The van der Waals surface area contributed by atoms with E-state index in [1.54, 1.807) is 48.5 Å². The molecule has 1 N–H and O–H groups in total. The first-order chi connectivity index (χ1) is 21.5. The Morgan fingerprint density at radius 1 is 0.844 bits per heavy atom. The minimum Gasteiger partial charge on any atom is -0.352 e. The smallest absolute Gasteiger partial charge is 0.264 e. The van der Waals surface area contributed by atoms with Gasteiger partial charge in [-0.3, -0.25) is 13.9 Å². The Morgan fingerprint density at radius 3 is 2.09 bits per heavy atom. The number of halogens is 1. The molecule has 4 rings (SSSR count). The molecule has 0 aliphatic carbocycles. The zero-order valence-electron chi connectivity index (χ0n) is 26.1. The van der Waals surface area contributed by atoms with Crippen LogP contribution in [0.4, 0.5) is 5.69 Å². The molecule has 4 aromatic rings. The topological polar surface area (TPSA) is 86.8 Å². The largest absolute Gasteiger partial charge is 0.352 e. The van der Waals surface area contributed by atoms with Crippen LogP contribution in [0, 0.1) is 13.8 Å². The second-order valence-electron chi connectivity index (χ2n) is 11.3. The van der Waals surface area contributed by atoms with Crippen molar-refractivity contribution in [3.8, 4) is 0 Å². The van der Waals surface area contributed by atoms with Crippen LogP contribution in [-0.2, 0) is 32.6 Å². The SMILES string of the molecule is CC[C@@H](C)NC(=O)[C@H](Cc1ccccc1)N(Cc1ccc(Cl)cc1)C(=O)CN(c1cc(C)ccc1C)S(=O)(=O)c1ccccc1. The number of benzene rings is 4. The van der Waals surface area contributed by atoms with E-state index in [0.717, 1.165) is 21.0 Å². The van der Waals surface area contributed by atoms with Crippen molar-refractivity contribution < 1.29 is 18.0 Å². The molecule has 0 radical (unpaired) electrons. The van der Waals surface area contributed by atoms with E-state index >= 15 is 0 Å². The van der Waals surface area contributed by atoms with Crippen LogP contribution in [0.5, 0.6) is 0 Å². The molecule has 0 unspecified atom stereocenters. The second kappa shape index (κ2) is 15.2. The van der Waals surface area contributed by atoms with Crippen molar-refractivity contribution in [3.05, 3.63) is 130 Å². The van der Waals surface area contributed by atoms with Gasteiger partial charge >= 0.3 is 0 Å². The fourth-order valence-corrected chi connectivity index (χ4v) is 6.62. The minimum absolute atomic E-state index is 0.0679. The molecule has 0 fully saturated rings. The highest BCUT2D eigenvalue weighted by Gasteiger charge is 2.35. The molecule has 0 saturated carbocycles. The van der Waals surface area contributed by atoms with Crippen molar-refractivity contribution in [2.45, 2.75) is 64.1 Å². The van der Waals surface area contributed by atoms with Crippen molar-refractivity contribution >= 4 is 39.1 Å². The maximum Gasteiger partial charge on any atom is 0.264 e. The van der Waals surface area contributed by atoms with Crippen molar-refractivity contribution in [1.29, 1.82) is 0 Å². The van der Waals surface area contributed by atoms with E-state index in [1.807, 2.05) is 70.2 Å². The minimum atomic E-state index is -4.16. The van der Waals surface area contributed by atoms with Gasteiger partial charge in [0.2, 0.25) is 11.8 Å². The van der Waals surface area contributed by atoms with E-state index in [-0.39, 0.29) is 29.8 Å². The zero-order valence-corrected chi connectivity index (χ0v) is 27.7. The van der Waals surface area contributed by atoms with Crippen LogP contribution in [-0.4, -0.2) is 43.8 Å². The average molecular weight is 646 g/mol. The third-order valence-corrected chi connectivity index (χ3v) is 9.81. The number of nitrogens with one attached hydrogen (secondary N) is 1. The monoisotopic (exact) mass is 645 g/mol. The summed E-state index contributed by atoms with van der Waals surface area (Å²) in [5.41, 5.74) is 3.59. The summed E-state index contributed by atoms with van der Waals surface area (Å²) in [6.07, 6.45) is 0.960. The Kier molecular flexibility index (Phi) is 11.4. The molecule has 7 nitrogen and oxygen atoms in total. The highest BCUT2D eigenvalue weighted by Crippen LogP contribution is 2.29. The number of hydrogen-bond donors (Lipinski definition) is 1. The summed E-state index contributed by atoms with van der Waals surface area (Å²) in [7, 11) is -4.16. The number of nitrogens with zero attached hydrogens (tertiary/aromatic N) is 2. The molecule has 236 valence electrons. The molecule has 0 aliphatic rings. The number of amides is 2. The Labute approximate surface area is 271 Å². The van der Waals surface area contributed by atoms with Crippen molar-refractivity contribution in [2.75, 3.05) is 10.8 Å². The lowest BCUT2D eigenvalue weighted by atomic mass is 10.0. The lowest BCUT2D eigenvalue weighted by Crippen LogP contribution is -2.54. The first-order valence-electron chi connectivity index (χ1n) is 15.0. The number of hydrogen-bond acceptors (Lipinski definition) is 4. The van der Waals surface area contributed by atoms with Crippen molar-refractivity contribution in [3.63, 3.8) is 0 Å². The summed E-state index contributed by atoms with van der Waals surface area (Å²) < 4.78 is 29.5. The molecule has 2 atom stereocenters. The fraction of sp³-hybridized carbons (Fsp3) is 0.278. The van der Waals surface area contributed by atoms with Crippen molar-refractivity contribution in [1.82, 2.24) is 10.2 Å². The van der Waals surface area contributed by atoms with Gasteiger partial charge in [0.05, 0.1) is 10.6 Å². The molecule has 0 heterocycles. The molecule has 0 spiro atoms. The average Bonchev–Trinajstić information content (AvgIpc) is 3.04. The van der Waals surface area contributed by atoms with E-state index in [4.69, 9.17) is 11.6 Å². The second-order valence-corrected chi connectivity index (χ2v) is 13.6. The van der Waals surface area contributed by atoms with Crippen LogP contribution in [0.3, 0.4) is 0 Å². The third-order valence-electron chi connectivity index (χ3n) is 7.78. The first kappa shape index (κ1) is 33.7. The number of sulfonamides is 1. The van der Waals surface area contributed by atoms with Gasteiger partial charge in [-0.2, -0.15) is 0 Å². The van der Waals surface area contributed by atoms with E-state index in [0.29, 0.717) is 22.7 Å². The fourth-order valence-electron chi connectivity index (χ4n) is 5.00. The number of carbonyl (C=O) groups is 2. The molecule has 9 heteroatoms. The summed E-state index contributed by atoms with van der Waals surface area (Å²) in [4.78, 5) is 30.1. The van der Waals surface area contributed by atoms with Crippen LogP contribution in [0.1, 0.15) is 42.5 Å². The molecular weight excluding hydrogens is 606 g/mol. The van der Waals surface area contributed by atoms with Gasteiger partial charge in [0.25, 0.3) is 10.0 Å². The maximum absolute atomic E-state index is 14.6. The van der Waals surface area contributed by atoms with E-state index in [2.05, 4.69) is 5.32 Å². The van der Waals surface area contributed by atoms with E-state index < -0.39 is 28.5 Å². The summed E-state index contributed by atoms with van der Waals surface area (Å²) in [6.45, 7) is 7.16. The van der Waals surface area contributed by atoms with Gasteiger partial charge in [0.1, 0.15) is 12.6 Å². The van der Waals surface area contributed by atoms with Gasteiger partial charge in [-0.15, -0.1) is 0 Å². The van der Waals surface area contributed by atoms with Crippen LogP contribution < -0.4 is 9.62 Å².